The van der Waals surface area contributed by atoms with E-state index < -0.39 is 0 Å². The van der Waals surface area contributed by atoms with Crippen LogP contribution in [-0.4, -0.2) is 35.3 Å². The lowest BCUT2D eigenvalue weighted by Gasteiger charge is -2.38. The molecule has 1 saturated carbocycles. The highest BCUT2D eigenvalue weighted by Crippen LogP contribution is 2.35. The van der Waals surface area contributed by atoms with Crippen molar-refractivity contribution in [2.75, 3.05) is 6.54 Å². The zero-order valence-corrected chi connectivity index (χ0v) is 11.5. The van der Waals surface area contributed by atoms with Gasteiger partial charge in [0.1, 0.15) is 12.1 Å². The molecule has 0 aromatic rings. The predicted octanol–water partition coefficient (Wildman–Crippen LogP) is 1.41. The van der Waals surface area contributed by atoms with E-state index in [0.717, 1.165) is 17.3 Å². The second-order valence-corrected chi connectivity index (χ2v) is 5.85. The fraction of sp³-hybridized carbons (Fsp3) is 0.667. The lowest BCUT2D eigenvalue weighted by Crippen LogP contribution is -2.63. The maximum Gasteiger partial charge on any atom is 0.246 e. The van der Waals surface area contributed by atoms with Crippen molar-refractivity contribution < 1.29 is 9.59 Å². The molecule has 2 atom stereocenters. The number of carbonyl (C=O) groups excluding carboxylic acids is 2. The summed E-state index contributed by atoms with van der Waals surface area (Å²) in [5.74, 6) is 0.354. The first-order valence-electron chi connectivity index (χ1n) is 5.98. The minimum atomic E-state index is -0.355. The lowest BCUT2D eigenvalue weighted by atomic mass is 10.0. The van der Waals surface area contributed by atoms with Gasteiger partial charge < -0.3 is 10.2 Å². The predicted molar refractivity (Wildman–Crippen MR) is 68.5 cm³/mol. The second-order valence-electron chi connectivity index (χ2n) is 4.73. The standard InChI is InChI=1S/C12H17BrN2O2/c1-3-9-11(16)14-10(8-4-5-8)12(17)15(9)6-7(2)13/h8-10H,2-6H2,1H3,(H,14,16). The summed E-state index contributed by atoms with van der Waals surface area (Å²) in [6, 6.07) is -0.663. The molecule has 0 aromatic heterocycles. The van der Waals surface area contributed by atoms with Crippen molar-refractivity contribution in [2.24, 2.45) is 5.92 Å². The molecule has 1 aliphatic heterocycles. The fourth-order valence-corrected chi connectivity index (χ4v) is 2.58. The van der Waals surface area contributed by atoms with Crippen LogP contribution in [0.5, 0.6) is 0 Å². The molecule has 0 radical (unpaired) electrons. The summed E-state index contributed by atoms with van der Waals surface area (Å²) in [6.45, 7) is 6.08. The molecule has 1 saturated heterocycles. The van der Waals surface area contributed by atoms with Crippen molar-refractivity contribution in [2.45, 2.75) is 38.3 Å². The Labute approximate surface area is 110 Å². The molecular weight excluding hydrogens is 284 g/mol. The summed E-state index contributed by atoms with van der Waals surface area (Å²) >= 11 is 3.27. The van der Waals surface area contributed by atoms with E-state index in [4.69, 9.17) is 0 Å². The number of carbonyl (C=O) groups is 2. The van der Waals surface area contributed by atoms with Gasteiger partial charge in [-0.25, -0.2) is 0 Å². The molecule has 94 valence electrons. The topological polar surface area (TPSA) is 49.4 Å². The molecule has 17 heavy (non-hydrogen) atoms. The summed E-state index contributed by atoms with van der Waals surface area (Å²) in [5.41, 5.74) is 0. The maximum absolute atomic E-state index is 12.3. The molecule has 0 bridgehead atoms. The van der Waals surface area contributed by atoms with Crippen molar-refractivity contribution in [3.05, 3.63) is 11.1 Å². The van der Waals surface area contributed by atoms with Gasteiger partial charge in [-0.1, -0.05) is 29.4 Å². The van der Waals surface area contributed by atoms with Crippen LogP contribution < -0.4 is 5.32 Å². The highest BCUT2D eigenvalue weighted by molar-refractivity contribution is 9.11. The maximum atomic E-state index is 12.3. The minimum Gasteiger partial charge on any atom is -0.342 e. The molecule has 4 nitrogen and oxygen atoms in total. The quantitative estimate of drug-likeness (QED) is 0.853. The Morgan fingerprint density at radius 1 is 1.53 bits per heavy atom. The molecule has 1 heterocycles. The van der Waals surface area contributed by atoms with Crippen LogP contribution >= 0.6 is 15.9 Å². The Hall–Kier alpha value is -0.840. The van der Waals surface area contributed by atoms with Crippen LogP contribution in [0.15, 0.2) is 11.1 Å². The van der Waals surface area contributed by atoms with Gasteiger partial charge in [-0.05, 0) is 25.2 Å². The average Bonchev–Trinajstić information content (AvgIpc) is 3.06. The van der Waals surface area contributed by atoms with E-state index in [-0.39, 0.29) is 23.9 Å². The van der Waals surface area contributed by atoms with Gasteiger partial charge in [0.05, 0.1) is 6.54 Å². The van der Waals surface area contributed by atoms with Crippen molar-refractivity contribution in [1.82, 2.24) is 10.2 Å². The summed E-state index contributed by atoms with van der Waals surface area (Å²) in [4.78, 5) is 25.9. The number of piperazine rings is 1. The highest BCUT2D eigenvalue weighted by Gasteiger charge is 2.46. The summed E-state index contributed by atoms with van der Waals surface area (Å²) in [7, 11) is 0. The van der Waals surface area contributed by atoms with Gasteiger partial charge in [-0.3, -0.25) is 9.59 Å². The first-order valence-corrected chi connectivity index (χ1v) is 6.78. The molecule has 5 heteroatoms. The van der Waals surface area contributed by atoms with E-state index in [1.807, 2.05) is 6.92 Å². The molecule has 2 amide bonds. The van der Waals surface area contributed by atoms with Gasteiger partial charge >= 0.3 is 0 Å². The number of rotatable bonds is 4. The van der Waals surface area contributed by atoms with Crippen LogP contribution in [0.2, 0.25) is 0 Å². The molecule has 2 unspecified atom stereocenters. The van der Waals surface area contributed by atoms with Crippen molar-refractivity contribution in [3.63, 3.8) is 0 Å². The van der Waals surface area contributed by atoms with E-state index in [0.29, 0.717) is 18.9 Å². The van der Waals surface area contributed by atoms with Crippen LogP contribution in [0.4, 0.5) is 0 Å². The first-order chi connectivity index (χ1) is 8.04. The van der Waals surface area contributed by atoms with Crippen LogP contribution in [0, 0.1) is 5.92 Å². The number of halogens is 1. The van der Waals surface area contributed by atoms with Gasteiger partial charge in [0.25, 0.3) is 0 Å². The molecule has 0 aromatic carbocycles. The molecule has 2 rings (SSSR count). The Morgan fingerprint density at radius 2 is 2.18 bits per heavy atom. The number of hydrogen-bond donors (Lipinski definition) is 1. The monoisotopic (exact) mass is 300 g/mol. The molecule has 0 spiro atoms. The van der Waals surface area contributed by atoms with Gasteiger partial charge in [-0.2, -0.15) is 0 Å². The number of amides is 2. The number of nitrogens with one attached hydrogen (secondary N) is 1. The molecule has 1 N–H and O–H groups in total. The molecule has 2 aliphatic rings. The van der Waals surface area contributed by atoms with E-state index in [2.05, 4.69) is 27.8 Å². The van der Waals surface area contributed by atoms with E-state index in [1.165, 1.54) is 0 Å². The van der Waals surface area contributed by atoms with Gasteiger partial charge in [0.15, 0.2) is 0 Å². The van der Waals surface area contributed by atoms with Crippen LogP contribution in [-0.2, 0) is 9.59 Å². The normalized spacial score (nSPS) is 29.2. The molecule has 1 aliphatic carbocycles. The zero-order valence-electron chi connectivity index (χ0n) is 9.91. The third kappa shape index (κ3) is 2.54. The minimum absolute atomic E-state index is 0.0299. The van der Waals surface area contributed by atoms with Crippen LogP contribution in [0.1, 0.15) is 26.2 Å². The van der Waals surface area contributed by atoms with Gasteiger partial charge in [0, 0.05) is 4.48 Å². The number of nitrogens with zero attached hydrogens (tertiary/aromatic N) is 1. The van der Waals surface area contributed by atoms with Crippen molar-refractivity contribution >= 4 is 27.7 Å². The van der Waals surface area contributed by atoms with Gasteiger partial charge in [-0.15, -0.1) is 0 Å². The molecular formula is C12H17BrN2O2. The summed E-state index contributed by atoms with van der Waals surface area (Å²) in [6.07, 6.45) is 2.71. The van der Waals surface area contributed by atoms with E-state index >= 15 is 0 Å². The first kappa shape index (κ1) is 12.6. The smallest absolute Gasteiger partial charge is 0.246 e. The molecule has 2 fully saturated rings. The summed E-state index contributed by atoms with van der Waals surface area (Å²) < 4.78 is 0.730. The van der Waals surface area contributed by atoms with Crippen LogP contribution in [0.3, 0.4) is 0 Å². The largest absolute Gasteiger partial charge is 0.342 e. The van der Waals surface area contributed by atoms with Crippen LogP contribution in [0.25, 0.3) is 0 Å². The third-order valence-electron chi connectivity index (χ3n) is 3.35. The SMILES string of the molecule is C=C(Br)CN1C(=O)C(C2CC2)NC(=O)C1CC. The van der Waals surface area contributed by atoms with Crippen molar-refractivity contribution in [3.8, 4) is 0 Å². The number of hydrogen-bond acceptors (Lipinski definition) is 2. The second kappa shape index (κ2) is 4.80. The van der Waals surface area contributed by atoms with E-state index in [1.54, 1.807) is 4.90 Å². The Balaban J connectivity index is 2.18. The summed E-state index contributed by atoms with van der Waals surface area (Å²) in [5, 5.41) is 2.86. The zero-order chi connectivity index (χ0) is 12.6. The lowest BCUT2D eigenvalue weighted by molar-refractivity contribution is -0.149. The van der Waals surface area contributed by atoms with E-state index in [9.17, 15) is 9.59 Å². The van der Waals surface area contributed by atoms with Gasteiger partial charge in [0.2, 0.25) is 11.8 Å². The average molecular weight is 301 g/mol. The highest BCUT2D eigenvalue weighted by atomic mass is 79.9. The third-order valence-corrected chi connectivity index (χ3v) is 3.60. The Kier molecular flexibility index (Phi) is 3.56. The Bertz CT molecular complexity index is 366. The Morgan fingerprint density at radius 3 is 2.65 bits per heavy atom. The fourth-order valence-electron chi connectivity index (χ4n) is 2.31. The van der Waals surface area contributed by atoms with Crippen molar-refractivity contribution in [1.29, 1.82) is 0 Å².